The molecule has 1 aromatic carbocycles. The summed E-state index contributed by atoms with van der Waals surface area (Å²) in [4.78, 5) is 0. The molecule has 1 aliphatic carbocycles. The van der Waals surface area contributed by atoms with Crippen molar-refractivity contribution in [2.45, 2.75) is 31.9 Å². The Morgan fingerprint density at radius 1 is 1.32 bits per heavy atom. The van der Waals surface area contributed by atoms with E-state index in [2.05, 4.69) is 12.2 Å². The molecule has 2 N–H and O–H groups in total. The van der Waals surface area contributed by atoms with Gasteiger partial charge in [-0.2, -0.15) is 0 Å². The molecule has 1 fully saturated rings. The van der Waals surface area contributed by atoms with Crippen LogP contribution in [0.3, 0.4) is 0 Å². The number of ether oxygens (including phenoxy) is 2. The Morgan fingerprint density at radius 2 is 2.00 bits per heavy atom. The molecule has 0 aliphatic heterocycles. The van der Waals surface area contributed by atoms with Crippen LogP contribution in [0.5, 0.6) is 11.5 Å². The monoisotopic (exact) mass is 265 g/mol. The minimum atomic E-state index is -0.499. The lowest BCUT2D eigenvalue weighted by molar-refractivity contribution is 0.0941. The molecule has 1 saturated carbocycles. The van der Waals surface area contributed by atoms with Crippen molar-refractivity contribution in [1.29, 1.82) is 0 Å². The van der Waals surface area contributed by atoms with Crippen LogP contribution in [0.1, 0.15) is 19.8 Å². The second-order valence-electron chi connectivity index (χ2n) is 5.30. The number of para-hydroxylation sites is 2. The zero-order chi connectivity index (χ0) is 13.7. The Bertz CT molecular complexity index is 391. The molecule has 4 heteroatoms. The average Bonchev–Trinajstić information content (AvgIpc) is 2.40. The number of aliphatic hydroxyl groups is 1. The van der Waals surface area contributed by atoms with Crippen molar-refractivity contribution in [1.82, 2.24) is 5.32 Å². The molecule has 0 radical (unpaired) electrons. The third kappa shape index (κ3) is 4.11. The van der Waals surface area contributed by atoms with Gasteiger partial charge in [-0.1, -0.05) is 19.1 Å². The van der Waals surface area contributed by atoms with E-state index in [1.165, 1.54) is 12.8 Å². The normalized spacial score (nSPS) is 23.5. The number of aliphatic hydroxyl groups excluding tert-OH is 1. The Labute approximate surface area is 114 Å². The SMILES string of the molecule is COc1ccccc1OCC(O)CNC1CC(C)C1. The maximum atomic E-state index is 9.88. The van der Waals surface area contributed by atoms with E-state index < -0.39 is 6.10 Å². The molecule has 1 aliphatic rings. The van der Waals surface area contributed by atoms with Gasteiger partial charge in [0.05, 0.1) is 7.11 Å². The highest BCUT2D eigenvalue weighted by molar-refractivity contribution is 5.39. The van der Waals surface area contributed by atoms with E-state index in [0.29, 0.717) is 24.1 Å². The molecule has 19 heavy (non-hydrogen) atoms. The molecule has 1 aromatic rings. The maximum absolute atomic E-state index is 9.88. The van der Waals surface area contributed by atoms with Gasteiger partial charge in [-0.25, -0.2) is 0 Å². The van der Waals surface area contributed by atoms with E-state index in [-0.39, 0.29) is 6.61 Å². The van der Waals surface area contributed by atoms with Gasteiger partial charge in [-0.3, -0.25) is 0 Å². The fourth-order valence-corrected chi connectivity index (χ4v) is 2.35. The van der Waals surface area contributed by atoms with Crippen LogP contribution in [-0.4, -0.2) is 37.5 Å². The Balaban J connectivity index is 1.69. The van der Waals surface area contributed by atoms with Gasteiger partial charge in [-0.15, -0.1) is 0 Å². The van der Waals surface area contributed by atoms with Gasteiger partial charge >= 0.3 is 0 Å². The average molecular weight is 265 g/mol. The van der Waals surface area contributed by atoms with Crippen molar-refractivity contribution < 1.29 is 14.6 Å². The van der Waals surface area contributed by atoms with Gasteiger partial charge in [-0.05, 0) is 30.9 Å². The standard InChI is InChI=1S/C15H23NO3/c1-11-7-12(8-11)16-9-13(17)10-19-15-6-4-3-5-14(15)18-2/h3-6,11-13,16-17H,7-10H2,1-2H3. The highest BCUT2D eigenvalue weighted by Gasteiger charge is 2.25. The highest BCUT2D eigenvalue weighted by Crippen LogP contribution is 2.27. The van der Waals surface area contributed by atoms with Crippen molar-refractivity contribution in [3.05, 3.63) is 24.3 Å². The molecule has 1 atom stereocenters. The minimum absolute atomic E-state index is 0.273. The predicted molar refractivity (Wildman–Crippen MR) is 74.7 cm³/mol. The fourth-order valence-electron chi connectivity index (χ4n) is 2.35. The third-order valence-corrected chi connectivity index (χ3v) is 3.52. The number of hydrogen-bond donors (Lipinski definition) is 2. The summed E-state index contributed by atoms with van der Waals surface area (Å²) < 4.78 is 10.8. The second kappa shape index (κ2) is 6.78. The summed E-state index contributed by atoms with van der Waals surface area (Å²) in [6, 6.07) is 8.03. The summed E-state index contributed by atoms with van der Waals surface area (Å²) in [5.74, 6) is 2.18. The van der Waals surface area contributed by atoms with Gasteiger partial charge in [0.15, 0.2) is 11.5 Å². The molecule has 0 heterocycles. The summed E-state index contributed by atoms with van der Waals surface area (Å²) in [5, 5.41) is 13.2. The minimum Gasteiger partial charge on any atom is -0.493 e. The molecule has 2 rings (SSSR count). The lowest BCUT2D eigenvalue weighted by Gasteiger charge is -2.34. The largest absolute Gasteiger partial charge is 0.493 e. The Kier molecular flexibility index (Phi) is 5.05. The van der Waals surface area contributed by atoms with Gasteiger partial charge in [0.25, 0.3) is 0 Å². The summed E-state index contributed by atoms with van der Waals surface area (Å²) in [6.45, 7) is 3.10. The molecule has 0 spiro atoms. The van der Waals surface area contributed by atoms with E-state index in [4.69, 9.17) is 9.47 Å². The topological polar surface area (TPSA) is 50.7 Å². The van der Waals surface area contributed by atoms with Crippen LogP contribution >= 0.6 is 0 Å². The Hall–Kier alpha value is -1.26. The molecule has 4 nitrogen and oxygen atoms in total. The van der Waals surface area contributed by atoms with Crippen LogP contribution in [-0.2, 0) is 0 Å². The van der Waals surface area contributed by atoms with E-state index in [1.54, 1.807) is 7.11 Å². The first-order valence-electron chi connectivity index (χ1n) is 6.86. The first-order valence-corrected chi connectivity index (χ1v) is 6.86. The summed E-state index contributed by atoms with van der Waals surface area (Å²) in [7, 11) is 1.61. The zero-order valence-electron chi connectivity index (χ0n) is 11.6. The second-order valence-corrected chi connectivity index (χ2v) is 5.30. The van der Waals surface area contributed by atoms with Crippen molar-refractivity contribution in [2.75, 3.05) is 20.3 Å². The van der Waals surface area contributed by atoms with E-state index in [9.17, 15) is 5.11 Å². The third-order valence-electron chi connectivity index (χ3n) is 3.52. The van der Waals surface area contributed by atoms with E-state index >= 15 is 0 Å². The van der Waals surface area contributed by atoms with Crippen LogP contribution in [0.4, 0.5) is 0 Å². The van der Waals surface area contributed by atoms with E-state index in [0.717, 1.165) is 5.92 Å². The fraction of sp³-hybridized carbons (Fsp3) is 0.600. The molecular weight excluding hydrogens is 242 g/mol. The smallest absolute Gasteiger partial charge is 0.161 e. The summed E-state index contributed by atoms with van der Waals surface area (Å²) in [6.07, 6.45) is 1.92. The number of nitrogens with one attached hydrogen (secondary N) is 1. The van der Waals surface area contributed by atoms with Crippen molar-refractivity contribution in [3.63, 3.8) is 0 Å². The highest BCUT2D eigenvalue weighted by atomic mass is 16.5. The molecule has 0 amide bonds. The number of benzene rings is 1. The lowest BCUT2D eigenvalue weighted by atomic mass is 9.82. The van der Waals surface area contributed by atoms with Gasteiger partial charge in [0, 0.05) is 12.6 Å². The first-order chi connectivity index (χ1) is 9.19. The van der Waals surface area contributed by atoms with Gasteiger partial charge in [0.1, 0.15) is 12.7 Å². The quantitative estimate of drug-likeness (QED) is 0.789. The first kappa shape index (κ1) is 14.2. The van der Waals surface area contributed by atoms with Crippen molar-refractivity contribution in [3.8, 4) is 11.5 Å². The number of rotatable bonds is 7. The molecule has 0 bridgehead atoms. The number of methoxy groups -OCH3 is 1. The summed E-state index contributed by atoms with van der Waals surface area (Å²) in [5.41, 5.74) is 0. The van der Waals surface area contributed by atoms with Gasteiger partial charge in [0.2, 0.25) is 0 Å². The van der Waals surface area contributed by atoms with Crippen LogP contribution in [0, 0.1) is 5.92 Å². The predicted octanol–water partition coefficient (Wildman–Crippen LogP) is 1.82. The van der Waals surface area contributed by atoms with Crippen molar-refractivity contribution >= 4 is 0 Å². The van der Waals surface area contributed by atoms with E-state index in [1.807, 2.05) is 24.3 Å². The van der Waals surface area contributed by atoms with Crippen LogP contribution in [0.25, 0.3) is 0 Å². The van der Waals surface area contributed by atoms with Gasteiger partial charge < -0.3 is 19.9 Å². The zero-order valence-corrected chi connectivity index (χ0v) is 11.6. The van der Waals surface area contributed by atoms with Crippen molar-refractivity contribution in [2.24, 2.45) is 5.92 Å². The summed E-state index contributed by atoms with van der Waals surface area (Å²) >= 11 is 0. The lowest BCUT2D eigenvalue weighted by Crippen LogP contribution is -2.44. The maximum Gasteiger partial charge on any atom is 0.161 e. The molecule has 0 saturated heterocycles. The van der Waals surface area contributed by atoms with Crippen LogP contribution in [0.2, 0.25) is 0 Å². The molecule has 106 valence electrons. The van der Waals surface area contributed by atoms with Crippen LogP contribution in [0.15, 0.2) is 24.3 Å². The Morgan fingerprint density at radius 3 is 2.63 bits per heavy atom. The molecule has 1 unspecified atom stereocenters. The van der Waals surface area contributed by atoms with Crippen LogP contribution < -0.4 is 14.8 Å². The number of hydrogen-bond acceptors (Lipinski definition) is 4. The molecule has 0 aromatic heterocycles. The molecular formula is C15H23NO3.